The quantitative estimate of drug-likeness (QED) is 0.827. The lowest BCUT2D eigenvalue weighted by molar-refractivity contribution is -0.132. The molecule has 15 heavy (non-hydrogen) atoms. The molecule has 0 unspecified atom stereocenters. The smallest absolute Gasteiger partial charge is 0.336 e. The lowest BCUT2D eigenvalue weighted by Crippen LogP contribution is -2.16. The van der Waals surface area contributed by atoms with E-state index in [1.54, 1.807) is 18.2 Å². The molecule has 2 rings (SSSR count). The summed E-state index contributed by atoms with van der Waals surface area (Å²) in [5, 5.41) is 9.52. The zero-order chi connectivity index (χ0) is 11.0. The van der Waals surface area contributed by atoms with Crippen molar-refractivity contribution in [1.29, 1.82) is 0 Å². The Labute approximate surface area is 95.9 Å². The predicted octanol–water partition coefficient (Wildman–Crippen LogP) is 2.77. The average Bonchev–Trinajstić information content (AvgIpc) is 2.19. The fraction of sp³-hybridized carbons (Fsp3) is 0.100. The molecular weight excluding hydrogens is 239 g/mol. The van der Waals surface area contributed by atoms with Crippen LogP contribution in [-0.2, 0) is 4.79 Å². The highest BCUT2D eigenvalue weighted by molar-refractivity contribution is 6.51. The second kappa shape index (κ2) is 3.76. The summed E-state index contributed by atoms with van der Waals surface area (Å²) in [5.74, 6) is -0.528. The van der Waals surface area contributed by atoms with Crippen LogP contribution >= 0.6 is 23.2 Å². The van der Waals surface area contributed by atoms with Gasteiger partial charge < -0.3 is 9.84 Å². The largest absolute Gasteiger partial charge is 0.488 e. The monoisotopic (exact) mass is 244 g/mol. The number of hydrogen-bond acceptors (Lipinski definition) is 2. The molecule has 0 amide bonds. The molecule has 1 aliphatic rings. The van der Waals surface area contributed by atoms with Gasteiger partial charge in [0.15, 0.2) is 0 Å². The lowest BCUT2D eigenvalue weighted by Gasteiger charge is -2.18. The molecule has 0 spiro atoms. The highest BCUT2D eigenvalue weighted by Gasteiger charge is 2.23. The van der Waals surface area contributed by atoms with Gasteiger partial charge in [-0.3, -0.25) is 0 Å². The van der Waals surface area contributed by atoms with Gasteiger partial charge in [-0.05, 0) is 18.2 Å². The number of rotatable bonds is 1. The Hall–Kier alpha value is -1.19. The fourth-order valence-corrected chi connectivity index (χ4v) is 1.79. The second-order valence-corrected chi connectivity index (χ2v) is 3.84. The van der Waals surface area contributed by atoms with E-state index >= 15 is 0 Å². The summed E-state index contributed by atoms with van der Waals surface area (Å²) in [5.41, 5.74) is 0.569. The third-order valence-corrected chi connectivity index (χ3v) is 2.74. The average molecular weight is 245 g/mol. The van der Waals surface area contributed by atoms with Crippen LogP contribution in [0.3, 0.4) is 0 Å². The van der Waals surface area contributed by atoms with Gasteiger partial charge in [-0.1, -0.05) is 23.2 Å². The van der Waals surface area contributed by atoms with Gasteiger partial charge in [-0.15, -0.1) is 0 Å². The van der Waals surface area contributed by atoms with Crippen molar-refractivity contribution in [2.75, 3.05) is 6.61 Å². The maximum absolute atomic E-state index is 10.8. The van der Waals surface area contributed by atoms with Crippen molar-refractivity contribution in [3.8, 4) is 5.75 Å². The number of ether oxygens (including phenoxy) is 1. The van der Waals surface area contributed by atoms with Gasteiger partial charge in [0, 0.05) is 10.6 Å². The van der Waals surface area contributed by atoms with Gasteiger partial charge in [-0.2, -0.15) is 0 Å². The summed E-state index contributed by atoms with van der Waals surface area (Å²) >= 11 is 11.7. The Morgan fingerprint density at radius 3 is 2.80 bits per heavy atom. The lowest BCUT2D eigenvalue weighted by atomic mass is 10.1. The van der Waals surface area contributed by atoms with Crippen LogP contribution in [0.2, 0.25) is 5.02 Å². The minimum absolute atomic E-state index is 0.0250. The van der Waals surface area contributed by atoms with E-state index in [2.05, 4.69) is 0 Å². The number of halogens is 2. The molecule has 1 aliphatic heterocycles. The molecule has 0 atom stereocenters. The van der Waals surface area contributed by atoms with Crippen molar-refractivity contribution >= 4 is 34.2 Å². The summed E-state index contributed by atoms with van der Waals surface area (Å²) in [6.07, 6.45) is 0. The molecule has 1 heterocycles. The predicted molar refractivity (Wildman–Crippen MR) is 57.4 cm³/mol. The van der Waals surface area contributed by atoms with Gasteiger partial charge >= 0.3 is 5.97 Å². The zero-order valence-corrected chi connectivity index (χ0v) is 8.97. The van der Waals surface area contributed by atoms with Gasteiger partial charge in [0.05, 0.1) is 10.6 Å². The van der Waals surface area contributed by atoms with Crippen molar-refractivity contribution in [3.05, 3.63) is 34.4 Å². The van der Waals surface area contributed by atoms with Crippen LogP contribution in [0.4, 0.5) is 0 Å². The Bertz CT molecular complexity index is 466. The number of benzene rings is 1. The molecule has 5 heteroatoms. The Kier molecular flexibility index (Phi) is 2.59. The zero-order valence-electron chi connectivity index (χ0n) is 7.46. The van der Waals surface area contributed by atoms with Crippen molar-refractivity contribution in [2.45, 2.75) is 0 Å². The number of carboxylic acids is 1. The van der Waals surface area contributed by atoms with Gasteiger partial charge in [-0.25, -0.2) is 4.79 Å². The first-order valence-corrected chi connectivity index (χ1v) is 4.90. The number of hydrogen-bond donors (Lipinski definition) is 1. The number of aliphatic carboxylic acids is 1. The maximum Gasteiger partial charge on any atom is 0.336 e. The van der Waals surface area contributed by atoms with Crippen LogP contribution < -0.4 is 4.74 Å². The Morgan fingerprint density at radius 1 is 1.40 bits per heavy atom. The third kappa shape index (κ3) is 1.80. The van der Waals surface area contributed by atoms with Crippen LogP contribution in [0.1, 0.15) is 5.56 Å². The molecule has 0 saturated carbocycles. The number of fused-ring (bicyclic) bond motifs is 1. The van der Waals surface area contributed by atoms with Crippen LogP contribution in [0, 0.1) is 0 Å². The molecule has 0 fully saturated rings. The highest BCUT2D eigenvalue weighted by Crippen LogP contribution is 2.37. The first-order chi connectivity index (χ1) is 7.09. The first-order valence-electron chi connectivity index (χ1n) is 4.14. The molecule has 1 aromatic rings. The third-order valence-electron chi connectivity index (χ3n) is 2.07. The molecule has 1 aromatic carbocycles. The highest BCUT2D eigenvalue weighted by atomic mass is 35.5. The van der Waals surface area contributed by atoms with E-state index in [1.165, 1.54) is 0 Å². The Morgan fingerprint density at radius 2 is 2.13 bits per heavy atom. The van der Waals surface area contributed by atoms with Gasteiger partial charge in [0.25, 0.3) is 0 Å². The van der Waals surface area contributed by atoms with Crippen molar-refractivity contribution in [3.63, 3.8) is 0 Å². The minimum Gasteiger partial charge on any atom is -0.488 e. The summed E-state index contributed by atoms with van der Waals surface area (Å²) in [4.78, 5) is 10.8. The van der Waals surface area contributed by atoms with E-state index in [9.17, 15) is 4.79 Å². The second-order valence-electron chi connectivity index (χ2n) is 3.03. The topological polar surface area (TPSA) is 46.5 Å². The number of carbonyl (C=O) groups is 1. The standard InChI is InChI=1S/C10H6Cl2O3/c11-5-1-2-8-6(3-5)9(12)7(4-15-8)10(13)14/h1-3H,4H2,(H,13,14). The van der Waals surface area contributed by atoms with Crippen LogP contribution in [0.5, 0.6) is 5.75 Å². The van der Waals surface area contributed by atoms with E-state index in [1.807, 2.05) is 0 Å². The molecule has 0 bridgehead atoms. The molecule has 0 radical (unpaired) electrons. The van der Waals surface area contributed by atoms with E-state index in [0.717, 1.165) is 0 Å². The summed E-state index contributed by atoms with van der Waals surface area (Å²) < 4.78 is 5.24. The van der Waals surface area contributed by atoms with Crippen LogP contribution in [0.25, 0.3) is 5.03 Å². The first kappa shape index (κ1) is 10.3. The molecule has 1 N–H and O–H groups in total. The van der Waals surface area contributed by atoms with E-state index in [4.69, 9.17) is 33.0 Å². The maximum atomic E-state index is 10.8. The summed E-state index contributed by atoms with van der Waals surface area (Å²) in [7, 11) is 0. The van der Waals surface area contributed by atoms with Crippen LogP contribution in [0.15, 0.2) is 23.8 Å². The molecule has 0 aliphatic carbocycles. The van der Waals surface area contributed by atoms with E-state index < -0.39 is 5.97 Å². The number of carboxylic acid groups (broad SMARTS) is 1. The van der Waals surface area contributed by atoms with Gasteiger partial charge in [0.2, 0.25) is 0 Å². The van der Waals surface area contributed by atoms with Crippen molar-refractivity contribution < 1.29 is 14.6 Å². The summed E-state index contributed by atoms with van der Waals surface area (Å²) in [6.45, 7) is -0.0250. The van der Waals surface area contributed by atoms with Crippen molar-refractivity contribution in [1.82, 2.24) is 0 Å². The SMILES string of the molecule is O=C(O)C1=C(Cl)c2cc(Cl)ccc2OC1. The van der Waals surface area contributed by atoms with E-state index in [0.29, 0.717) is 16.3 Å². The summed E-state index contributed by atoms with van der Waals surface area (Å²) in [6, 6.07) is 4.91. The normalized spacial score (nSPS) is 14.5. The fourth-order valence-electron chi connectivity index (χ4n) is 1.33. The van der Waals surface area contributed by atoms with Crippen molar-refractivity contribution in [2.24, 2.45) is 0 Å². The minimum atomic E-state index is -1.08. The van der Waals surface area contributed by atoms with Crippen LogP contribution in [-0.4, -0.2) is 17.7 Å². The van der Waals surface area contributed by atoms with E-state index in [-0.39, 0.29) is 17.2 Å². The molecule has 0 saturated heterocycles. The molecule has 0 aromatic heterocycles. The van der Waals surface area contributed by atoms with Gasteiger partial charge in [0.1, 0.15) is 12.4 Å². The molecular formula is C10H6Cl2O3. The Balaban J connectivity index is 2.59. The molecule has 3 nitrogen and oxygen atoms in total. The molecule has 78 valence electrons.